The highest BCUT2D eigenvalue weighted by Crippen LogP contribution is 2.24. The van der Waals surface area contributed by atoms with Gasteiger partial charge in [-0.15, -0.1) is 0 Å². The van der Waals surface area contributed by atoms with Crippen LogP contribution >= 0.6 is 0 Å². The second kappa shape index (κ2) is 46.1. The van der Waals surface area contributed by atoms with Gasteiger partial charge in [-0.3, -0.25) is 4.90 Å². The van der Waals surface area contributed by atoms with Gasteiger partial charge in [0.25, 0.3) is 0 Å². The van der Waals surface area contributed by atoms with Crippen molar-refractivity contribution in [3.63, 3.8) is 0 Å². The summed E-state index contributed by atoms with van der Waals surface area (Å²) in [6, 6.07) is 0. The van der Waals surface area contributed by atoms with Crippen LogP contribution in [0.4, 0.5) is 0 Å². The van der Waals surface area contributed by atoms with Crippen LogP contribution in [0, 0.1) is 52.5 Å². The average molecular weight is 762 g/mol. The summed E-state index contributed by atoms with van der Waals surface area (Å²) in [5, 5.41) is 0. The minimum atomic E-state index is 0. The maximum atomic E-state index is 4.01. The number of piperidine rings is 1. The summed E-state index contributed by atoms with van der Waals surface area (Å²) >= 11 is 0. The quantitative estimate of drug-likeness (QED) is 0.242. The Balaban J connectivity index is -0.000000122. The molecule has 0 saturated carbocycles. The highest BCUT2D eigenvalue weighted by molar-refractivity contribution is 4.70. The molecule has 0 spiro atoms. The van der Waals surface area contributed by atoms with E-state index in [0.29, 0.717) is 5.41 Å². The van der Waals surface area contributed by atoms with Crippen LogP contribution in [0.1, 0.15) is 149 Å². The first-order valence-electron chi connectivity index (χ1n) is 22.5. The zero-order chi connectivity index (χ0) is 41.5. The van der Waals surface area contributed by atoms with Gasteiger partial charge < -0.3 is 29.4 Å². The molecular formula is C46H111N7. The first-order chi connectivity index (χ1) is 24.8. The van der Waals surface area contributed by atoms with Crippen LogP contribution in [0.15, 0.2) is 0 Å². The molecule has 5 rings (SSSR count). The van der Waals surface area contributed by atoms with Gasteiger partial charge in [-0.1, -0.05) is 104 Å². The van der Waals surface area contributed by atoms with Gasteiger partial charge in [0.1, 0.15) is 0 Å². The highest BCUT2D eigenvalue weighted by Gasteiger charge is 2.23. The zero-order valence-electron chi connectivity index (χ0n) is 39.4. The first-order valence-corrected chi connectivity index (χ1v) is 22.5. The molecule has 0 aromatic rings. The summed E-state index contributed by atoms with van der Waals surface area (Å²) in [6.07, 6.45) is 9.52. The maximum absolute atomic E-state index is 4.01. The highest BCUT2D eigenvalue weighted by atomic mass is 15.2. The Hall–Kier alpha value is -0.280. The Bertz CT molecular complexity index is 569. The molecule has 7 heteroatoms. The molecule has 5 aliphatic heterocycles. The summed E-state index contributed by atoms with van der Waals surface area (Å²) in [5.41, 5.74) is 0.598. The normalized spacial score (nSPS) is 26.8. The number of hydrogen-bond donors (Lipinski definition) is 5. The lowest BCUT2D eigenvalue weighted by molar-refractivity contribution is -0.861. The minimum Gasteiger partial charge on any atom is -0.468 e. The SMILES string of the molecule is C.CC.CC.CC.CC.CC.[CH2-][NH+]1CCC(C)(C)CC1.[CH2-][NH+]1CCC(C)C1.[CH2-][NH+]1CCCC(C)CC1.[CH2-][NH+]1CCCN(C)CC1.[CH2-][NH+]1CCN(C)CC1. The molecule has 5 unspecified atom stereocenters. The smallest absolute Gasteiger partial charge is 0.0660 e. The van der Waals surface area contributed by atoms with Crippen LogP contribution in [0.2, 0.25) is 0 Å². The molecule has 0 bridgehead atoms. The van der Waals surface area contributed by atoms with Crippen LogP contribution in [0.25, 0.3) is 0 Å². The second-order valence-corrected chi connectivity index (χ2v) is 15.3. The van der Waals surface area contributed by atoms with Gasteiger partial charge in [-0.2, -0.15) is 35.2 Å². The van der Waals surface area contributed by atoms with Gasteiger partial charge in [-0.05, 0) is 57.5 Å². The largest absolute Gasteiger partial charge is 0.468 e. The van der Waals surface area contributed by atoms with Gasteiger partial charge >= 0.3 is 0 Å². The Labute approximate surface area is 341 Å². The van der Waals surface area contributed by atoms with Gasteiger partial charge in [0.05, 0.1) is 65.4 Å². The fourth-order valence-corrected chi connectivity index (χ4v) is 5.97. The standard InChI is InChI=1S/2C8H17N.C7H16N2.C6H14N2.C6H13N.5C2H6.CH4/c1-8(2)4-6-9(3)7-5-8;1-8-4-3-6-9(2)7-5-8;1-8-4-3-5-9(2)7-6-8;1-7-3-5-8(2)6-4-7;1-6-3-4-7(2)5-6;5*1-2;/h9H,3-7H2,1-2H3;8-9H,2-7H2,1H3;8H,1,3-7H2,2H3;7H,1,3-6H2,2H3;6-7H,2-5H2,1H3;5*1-2H3;1H4. The fraction of sp³-hybridized carbons (Fsp3) is 0.891. The van der Waals surface area contributed by atoms with E-state index in [1.807, 2.05) is 69.2 Å². The molecule has 5 fully saturated rings. The van der Waals surface area contributed by atoms with Crippen LogP contribution in [0.5, 0.6) is 0 Å². The van der Waals surface area contributed by atoms with E-state index in [0.717, 1.165) is 11.8 Å². The van der Waals surface area contributed by atoms with Crippen LogP contribution in [-0.4, -0.2) is 116 Å². The summed E-state index contributed by atoms with van der Waals surface area (Å²) in [4.78, 5) is 11.9. The average Bonchev–Trinajstić information content (AvgIpc) is 3.30. The van der Waals surface area contributed by atoms with Crippen molar-refractivity contribution >= 4 is 0 Å². The van der Waals surface area contributed by atoms with Crippen molar-refractivity contribution in [1.82, 2.24) is 9.80 Å². The predicted molar refractivity (Wildman–Crippen MR) is 243 cm³/mol. The van der Waals surface area contributed by atoms with Gasteiger partial charge in [0, 0.05) is 44.9 Å². The molecule has 5 saturated heterocycles. The van der Waals surface area contributed by atoms with Crippen molar-refractivity contribution < 1.29 is 24.5 Å². The van der Waals surface area contributed by atoms with Crippen molar-refractivity contribution in [2.75, 3.05) is 106 Å². The lowest BCUT2D eigenvalue weighted by Crippen LogP contribution is -3.09. The molecule has 0 amide bonds. The molecular weight excluding hydrogens is 651 g/mol. The van der Waals surface area contributed by atoms with Crippen LogP contribution in [-0.2, 0) is 0 Å². The molecule has 0 aromatic carbocycles. The van der Waals surface area contributed by atoms with E-state index >= 15 is 0 Å². The van der Waals surface area contributed by atoms with E-state index in [4.69, 9.17) is 0 Å². The lowest BCUT2D eigenvalue weighted by atomic mass is 9.83. The monoisotopic (exact) mass is 762 g/mol. The second-order valence-electron chi connectivity index (χ2n) is 15.3. The predicted octanol–water partition coefficient (Wildman–Crippen LogP) is 4.04. The molecule has 5 aliphatic rings. The third kappa shape index (κ3) is 46.0. The molecule has 0 aliphatic carbocycles. The number of hydrogen-bond acceptors (Lipinski definition) is 2. The number of nitrogens with zero attached hydrogens (tertiary/aromatic N) is 2. The zero-order valence-corrected chi connectivity index (χ0v) is 39.4. The Morgan fingerprint density at radius 2 is 0.774 bits per heavy atom. The minimum absolute atomic E-state index is 0. The molecule has 5 atom stereocenters. The summed E-state index contributed by atoms with van der Waals surface area (Å²) in [5.74, 6) is 1.87. The summed E-state index contributed by atoms with van der Waals surface area (Å²) in [7, 11) is 24.1. The van der Waals surface area contributed by atoms with Gasteiger partial charge in [0.2, 0.25) is 0 Å². The van der Waals surface area contributed by atoms with E-state index < -0.39 is 0 Å². The topological polar surface area (TPSA) is 28.7 Å². The van der Waals surface area contributed by atoms with E-state index in [-0.39, 0.29) is 7.43 Å². The Morgan fingerprint density at radius 3 is 1.15 bits per heavy atom. The van der Waals surface area contributed by atoms with E-state index in [2.05, 4.69) is 86.8 Å². The number of quaternary nitrogens is 5. The lowest BCUT2D eigenvalue weighted by Gasteiger charge is -2.35. The van der Waals surface area contributed by atoms with Crippen molar-refractivity contribution in [1.29, 1.82) is 0 Å². The maximum Gasteiger partial charge on any atom is 0.0660 e. The third-order valence-corrected chi connectivity index (χ3v) is 9.77. The van der Waals surface area contributed by atoms with Crippen molar-refractivity contribution in [2.45, 2.75) is 149 Å². The molecule has 7 nitrogen and oxygen atoms in total. The van der Waals surface area contributed by atoms with E-state index in [1.165, 1.54) is 161 Å². The van der Waals surface area contributed by atoms with Crippen LogP contribution in [0.3, 0.4) is 0 Å². The van der Waals surface area contributed by atoms with E-state index in [9.17, 15) is 0 Å². The van der Waals surface area contributed by atoms with Crippen LogP contribution < -0.4 is 24.5 Å². The molecule has 0 aromatic heterocycles. The van der Waals surface area contributed by atoms with Crippen molar-refractivity contribution in [2.24, 2.45) is 17.3 Å². The first kappa shape index (κ1) is 64.6. The summed E-state index contributed by atoms with van der Waals surface area (Å²) < 4.78 is 0. The number of rotatable bonds is 0. The fourth-order valence-electron chi connectivity index (χ4n) is 5.97. The molecule has 0 radical (unpaired) electrons. The van der Waals surface area contributed by atoms with Crippen molar-refractivity contribution in [3.8, 4) is 0 Å². The van der Waals surface area contributed by atoms with Crippen molar-refractivity contribution in [3.05, 3.63) is 35.2 Å². The number of nitrogens with one attached hydrogen (secondary N) is 5. The number of piperazine rings is 1. The van der Waals surface area contributed by atoms with Gasteiger partial charge in [0.15, 0.2) is 0 Å². The molecule has 5 N–H and O–H groups in total. The third-order valence-electron chi connectivity index (χ3n) is 9.77. The Kier molecular flexibility index (Phi) is 56.2. The molecule has 53 heavy (non-hydrogen) atoms. The van der Waals surface area contributed by atoms with Gasteiger partial charge in [-0.25, -0.2) is 0 Å². The summed E-state index contributed by atoms with van der Waals surface area (Å²) in [6.45, 7) is 46.7. The van der Waals surface area contributed by atoms with E-state index in [1.54, 1.807) is 0 Å². The Morgan fingerprint density at radius 1 is 0.434 bits per heavy atom. The molecule has 5 heterocycles. The number of likely N-dealkylation sites (N-methyl/N-ethyl adjacent to an activating group) is 2. The number of likely N-dealkylation sites (tertiary alicyclic amines) is 3. The molecule has 330 valence electrons.